The van der Waals surface area contributed by atoms with Gasteiger partial charge in [0.25, 0.3) is 0 Å². The lowest BCUT2D eigenvalue weighted by Gasteiger charge is -2.11. The van der Waals surface area contributed by atoms with Crippen LogP contribution in [0.5, 0.6) is 0 Å². The Bertz CT molecular complexity index is 423. The lowest BCUT2D eigenvalue weighted by Crippen LogP contribution is -2.36. The summed E-state index contributed by atoms with van der Waals surface area (Å²) in [6, 6.07) is 4.45. The summed E-state index contributed by atoms with van der Waals surface area (Å²) in [5.41, 5.74) is 5.77. The van der Waals surface area contributed by atoms with E-state index in [0.717, 1.165) is 6.07 Å². The Labute approximate surface area is 97.4 Å². The normalized spacial score (nSPS) is 11.9. The highest BCUT2D eigenvalue weighted by Gasteiger charge is 2.14. The van der Waals surface area contributed by atoms with Gasteiger partial charge < -0.3 is 16.2 Å². The summed E-state index contributed by atoms with van der Waals surface area (Å²) in [6.07, 6.45) is -0.145. The van der Waals surface area contributed by atoms with Gasteiger partial charge in [-0.2, -0.15) is 0 Å². The third-order valence-electron chi connectivity index (χ3n) is 2.10. The number of carboxylic acids is 1. The summed E-state index contributed by atoms with van der Waals surface area (Å²) in [6.45, 7) is 0. The van der Waals surface area contributed by atoms with Crippen LogP contribution in [-0.2, 0) is 9.59 Å². The first kappa shape index (κ1) is 13.1. The molecule has 1 amide bonds. The van der Waals surface area contributed by atoms with Gasteiger partial charge in [0, 0.05) is 12.1 Å². The van der Waals surface area contributed by atoms with Crippen molar-refractivity contribution in [2.75, 3.05) is 5.32 Å². The first-order chi connectivity index (χ1) is 7.99. The van der Waals surface area contributed by atoms with Gasteiger partial charge in [0.1, 0.15) is 5.82 Å². The van der Waals surface area contributed by atoms with Crippen molar-refractivity contribution in [3.05, 3.63) is 30.1 Å². The molecule has 0 aliphatic carbocycles. The highest BCUT2D eigenvalue weighted by atomic mass is 19.1. The Balaban J connectivity index is 2.51. The summed E-state index contributed by atoms with van der Waals surface area (Å²) >= 11 is 0. The van der Waals surface area contributed by atoms with Crippen molar-refractivity contribution in [3.63, 3.8) is 0 Å². The molecule has 0 heterocycles. The van der Waals surface area contributed by atoms with E-state index in [9.17, 15) is 14.0 Å². The molecule has 17 heavy (non-hydrogen) atoms. The molecule has 1 atom stereocenters. The summed E-state index contributed by atoms with van der Waals surface area (Å²) < 4.78 is 12.8. The zero-order valence-electron chi connectivity index (χ0n) is 9.02. The minimum atomic E-state index is -1.01. The first-order valence-corrected chi connectivity index (χ1v) is 5.03. The first-order valence-electron chi connectivity index (χ1n) is 5.03. The fourth-order valence-electron chi connectivity index (χ4n) is 1.21. The standard InChI is InChI=1S/C11H13FN2O3/c12-7-2-1-3-8(6-7)14-11(17)9(13)4-5-10(15)16/h1-3,6,9H,4-5,13H2,(H,14,17)(H,15,16). The summed E-state index contributed by atoms with van der Waals surface area (Å²) in [5.74, 6) is -2.02. The zero-order valence-corrected chi connectivity index (χ0v) is 9.02. The molecule has 0 bridgehead atoms. The molecular weight excluding hydrogens is 227 g/mol. The number of carbonyl (C=O) groups excluding carboxylic acids is 1. The molecule has 0 fully saturated rings. The molecule has 92 valence electrons. The molecule has 0 saturated carbocycles. The molecule has 0 radical (unpaired) electrons. The number of benzene rings is 1. The van der Waals surface area contributed by atoms with Crippen LogP contribution in [0.25, 0.3) is 0 Å². The molecule has 0 aliphatic heterocycles. The van der Waals surface area contributed by atoms with Crippen molar-refractivity contribution >= 4 is 17.6 Å². The van der Waals surface area contributed by atoms with Crippen molar-refractivity contribution in [2.24, 2.45) is 5.73 Å². The van der Waals surface area contributed by atoms with Gasteiger partial charge in [-0.3, -0.25) is 9.59 Å². The lowest BCUT2D eigenvalue weighted by molar-refractivity contribution is -0.137. The van der Waals surface area contributed by atoms with Gasteiger partial charge in [-0.1, -0.05) is 6.07 Å². The fourth-order valence-corrected chi connectivity index (χ4v) is 1.21. The van der Waals surface area contributed by atoms with Gasteiger partial charge in [0.2, 0.25) is 5.91 Å². The predicted octanol–water partition coefficient (Wildman–Crippen LogP) is 0.956. The monoisotopic (exact) mass is 240 g/mol. The average molecular weight is 240 g/mol. The number of halogens is 1. The van der Waals surface area contributed by atoms with E-state index in [0.29, 0.717) is 5.69 Å². The Hall–Kier alpha value is -1.95. The molecule has 0 aliphatic rings. The van der Waals surface area contributed by atoms with E-state index >= 15 is 0 Å². The van der Waals surface area contributed by atoms with Gasteiger partial charge in [-0.15, -0.1) is 0 Å². The predicted molar refractivity (Wildman–Crippen MR) is 59.9 cm³/mol. The quantitative estimate of drug-likeness (QED) is 0.714. The SMILES string of the molecule is NC(CCC(=O)O)C(=O)Nc1cccc(F)c1. The molecule has 1 unspecified atom stereocenters. The molecule has 0 spiro atoms. The zero-order chi connectivity index (χ0) is 12.8. The van der Waals surface area contributed by atoms with Crippen molar-refractivity contribution in [1.82, 2.24) is 0 Å². The fraction of sp³-hybridized carbons (Fsp3) is 0.273. The summed E-state index contributed by atoms with van der Waals surface area (Å²) in [4.78, 5) is 21.8. The number of carboxylic acid groups (broad SMARTS) is 1. The molecule has 1 aromatic rings. The molecule has 4 N–H and O–H groups in total. The van der Waals surface area contributed by atoms with Crippen LogP contribution in [0.3, 0.4) is 0 Å². The maximum absolute atomic E-state index is 12.8. The Morgan fingerprint density at radius 3 is 2.76 bits per heavy atom. The number of hydrogen-bond acceptors (Lipinski definition) is 3. The Morgan fingerprint density at radius 2 is 2.18 bits per heavy atom. The van der Waals surface area contributed by atoms with Gasteiger partial charge >= 0.3 is 5.97 Å². The largest absolute Gasteiger partial charge is 0.481 e. The molecule has 1 rings (SSSR count). The number of aliphatic carboxylic acids is 1. The number of anilines is 1. The van der Waals surface area contributed by atoms with E-state index < -0.39 is 23.7 Å². The molecule has 1 aromatic carbocycles. The molecule has 5 nitrogen and oxygen atoms in total. The molecule has 6 heteroatoms. The van der Waals surface area contributed by atoms with E-state index in [1.54, 1.807) is 0 Å². The molecular formula is C11H13FN2O3. The van der Waals surface area contributed by atoms with Crippen LogP contribution < -0.4 is 11.1 Å². The van der Waals surface area contributed by atoms with Crippen LogP contribution in [0.2, 0.25) is 0 Å². The third kappa shape index (κ3) is 4.60. The van der Waals surface area contributed by atoms with Gasteiger partial charge in [-0.25, -0.2) is 4.39 Å². The van der Waals surface area contributed by atoms with Gasteiger partial charge in [0.15, 0.2) is 0 Å². The summed E-state index contributed by atoms with van der Waals surface area (Å²) in [7, 11) is 0. The smallest absolute Gasteiger partial charge is 0.303 e. The number of nitrogens with one attached hydrogen (secondary N) is 1. The van der Waals surface area contributed by atoms with Crippen LogP contribution >= 0.6 is 0 Å². The van der Waals surface area contributed by atoms with E-state index in [4.69, 9.17) is 10.8 Å². The number of carbonyl (C=O) groups is 2. The maximum atomic E-state index is 12.8. The highest BCUT2D eigenvalue weighted by Crippen LogP contribution is 2.09. The number of nitrogens with two attached hydrogens (primary N) is 1. The van der Waals surface area contributed by atoms with Gasteiger partial charge in [0.05, 0.1) is 6.04 Å². The third-order valence-corrected chi connectivity index (χ3v) is 2.10. The van der Waals surface area contributed by atoms with E-state index in [2.05, 4.69) is 5.32 Å². The number of amides is 1. The van der Waals surface area contributed by atoms with Crippen LogP contribution in [0.4, 0.5) is 10.1 Å². The second-order valence-corrected chi connectivity index (χ2v) is 3.54. The molecule has 0 saturated heterocycles. The maximum Gasteiger partial charge on any atom is 0.303 e. The van der Waals surface area contributed by atoms with Crippen LogP contribution in [0, 0.1) is 5.82 Å². The van der Waals surface area contributed by atoms with Crippen molar-refractivity contribution in [2.45, 2.75) is 18.9 Å². The van der Waals surface area contributed by atoms with E-state index in [1.165, 1.54) is 18.2 Å². The summed E-state index contributed by atoms with van der Waals surface area (Å²) in [5, 5.41) is 10.8. The average Bonchev–Trinajstić information content (AvgIpc) is 2.25. The second kappa shape index (κ2) is 5.95. The number of hydrogen-bond donors (Lipinski definition) is 3. The van der Waals surface area contributed by atoms with Crippen LogP contribution in [0.15, 0.2) is 24.3 Å². The van der Waals surface area contributed by atoms with Crippen molar-refractivity contribution in [3.8, 4) is 0 Å². The minimum absolute atomic E-state index is 0.0382. The van der Waals surface area contributed by atoms with Crippen molar-refractivity contribution < 1.29 is 19.1 Å². The second-order valence-electron chi connectivity index (χ2n) is 3.54. The Morgan fingerprint density at radius 1 is 1.47 bits per heavy atom. The topological polar surface area (TPSA) is 92.4 Å². The van der Waals surface area contributed by atoms with Crippen molar-refractivity contribution in [1.29, 1.82) is 0 Å². The highest BCUT2D eigenvalue weighted by molar-refractivity contribution is 5.94. The van der Waals surface area contributed by atoms with Crippen LogP contribution in [-0.4, -0.2) is 23.0 Å². The Kier molecular flexibility index (Phi) is 4.59. The van der Waals surface area contributed by atoms with E-state index in [-0.39, 0.29) is 12.8 Å². The minimum Gasteiger partial charge on any atom is -0.481 e. The molecule has 0 aromatic heterocycles. The van der Waals surface area contributed by atoms with Gasteiger partial charge in [-0.05, 0) is 24.6 Å². The lowest BCUT2D eigenvalue weighted by atomic mass is 10.1. The van der Waals surface area contributed by atoms with E-state index in [1.807, 2.05) is 0 Å². The number of rotatable bonds is 5. The van der Waals surface area contributed by atoms with Crippen LogP contribution in [0.1, 0.15) is 12.8 Å².